The summed E-state index contributed by atoms with van der Waals surface area (Å²) >= 11 is 0. The molecule has 0 bridgehead atoms. The molecule has 0 spiro atoms. The lowest BCUT2D eigenvalue weighted by atomic mass is 9.75. The van der Waals surface area contributed by atoms with E-state index in [9.17, 15) is 40.6 Å². The molecule has 2 aromatic carbocycles. The van der Waals surface area contributed by atoms with E-state index in [1.54, 1.807) is 17.0 Å². The first-order valence-corrected chi connectivity index (χ1v) is 13.0. The van der Waals surface area contributed by atoms with Crippen LogP contribution in [0.2, 0.25) is 0 Å². The second kappa shape index (κ2) is 11.9. The topological polar surface area (TPSA) is 49.8 Å². The van der Waals surface area contributed by atoms with E-state index in [-0.39, 0.29) is 29.9 Å². The first-order valence-electron chi connectivity index (χ1n) is 13.0. The molecule has 0 aromatic heterocycles. The van der Waals surface area contributed by atoms with Crippen LogP contribution in [0.25, 0.3) is 0 Å². The normalized spacial score (nSPS) is 24.1. The summed E-state index contributed by atoms with van der Waals surface area (Å²) in [7, 11) is 0. The number of carbonyl (C=O) groups is 1. The van der Waals surface area contributed by atoms with Gasteiger partial charge in [0.25, 0.3) is 0 Å². The number of ketones is 1. The highest BCUT2D eigenvalue weighted by Gasteiger charge is 2.39. The monoisotopic (exact) mass is 583 g/mol. The van der Waals surface area contributed by atoms with E-state index in [2.05, 4.69) is 6.04 Å². The van der Waals surface area contributed by atoms with Gasteiger partial charge in [0.05, 0.1) is 23.3 Å². The summed E-state index contributed by atoms with van der Waals surface area (Å²) in [4.78, 5) is 13.3. The van der Waals surface area contributed by atoms with E-state index in [1.807, 2.05) is 0 Å². The van der Waals surface area contributed by atoms with Gasteiger partial charge >= 0.3 is 12.4 Å². The molecule has 0 heterocycles. The predicted molar refractivity (Wildman–Crippen MR) is 135 cm³/mol. The Balaban J connectivity index is 1.57. The smallest absolute Gasteiger partial charge is 0.385 e. The molecule has 220 valence electrons. The molecule has 0 aliphatic heterocycles. The molecule has 1 unspecified atom stereocenters. The first-order chi connectivity index (χ1) is 19.2. The number of aliphatic hydroxyl groups excluding tert-OH is 1. The van der Waals surface area contributed by atoms with Crippen molar-refractivity contribution in [2.45, 2.75) is 69.2 Å². The average molecular weight is 584 g/mol. The van der Waals surface area contributed by atoms with Crippen LogP contribution in [0.4, 0.5) is 30.7 Å². The van der Waals surface area contributed by atoms with E-state index >= 15 is 0 Å². The van der Waals surface area contributed by atoms with Crippen molar-refractivity contribution < 1.29 is 45.4 Å². The van der Waals surface area contributed by atoms with Crippen molar-refractivity contribution >= 4 is 5.78 Å². The van der Waals surface area contributed by atoms with Gasteiger partial charge in [-0.1, -0.05) is 18.6 Å². The van der Waals surface area contributed by atoms with E-state index in [4.69, 9.17) is 11.2 Å². The molecule has 11 heteroatoms. The fraction of sp³-hybridized carbons (Fsp3) is 0.433. The molecule has 2 aliphatic carbocycles. The number of halogens is 7. The molecule has 0 saturated heterocycles. The average Bonchev–Trinajstić information content (AvgIpc) is 3.24. The van der Waals surface area contributed by atoms with Crippen molar-refractivity contribution in [2.75, 3.05) is 6.54 Å². The molecular formula is C30H28F7NO3. The van der Waals surface area contributed by atoms with Crippen molar-refractivity contribution in [3.63, 3.8) is 0 Å². The number of carbonyl (C=O) groups excluding carboxylic acids is 1. The summed E-state index contributed by atoms with van der Waals surface area (Å²) in [5.74, 6) is -1.30. The fourth-order valence-electron chi connectivity index (χ4n) is 5.49. The van der Waals surface area contributed by atoms with Crippen LogP contribution in [-0.2, 0) is 21.9 Å². The van der Waals surface area contributed by atoms with Gasteiger partial charge < -0.3 is 14.7 Å². The summed E-state index contributed by atoms with van der Waals surface area (Å²) < 4.78 is 100. The maximum atomic E-state index is 13.7. The predicted octanol–water partition coefficient (Wildman–Crippen LogP) is 7.00. The maximum Gasteiger partial charge on any atom is 0.416 e. The second-order valence-electron chi connectivity index (χ2n) is 10.5. The van der Waals surface area contributed by atoms with Crippen LogP contribution in [0.3, 0.4) is 0 Å². The molecule has 1 fully saturated rings. The number of ether oxygens (including phenoxy) is 1. The summed E-state index contributed by atoms with van der Waals surface area (Å²) in [6.45, 7) is 1.75. The highest BCUT2D eigenvalue weighted by Crippen LogP contribution is 2.43. The van der Waals surface area contributed by atoms with Crippen molar-refractivity contribution in [3.8, 4) is 12.5 Å². The van der Waals surface area contributed by atoms with E-state index < -0.39 is 53.4 Å². The Bertz CT molecular complexity index is 1300. The van der Waals surface area contributed by atoms with E-state index in [0.29, 0.717) is 49.2 Å². The van der Waals surface area contributed by atoms with Crippen LogP contribution in [0, 0.1) is 24.2 Å². The highest BCUT2D eigenvalue weighted by atomic mass is 19.4. The summed E-state index contributed by atoms with van der Waals surface area (Å²) in [5, 5.41) is 9.80. The number of hydrogen-bond donors (Lipinski definition) is 1. The third-order valence-electron chi connectivity index (χ3n) is 7.64. The Morgan fingerprint density at radius 2 is 1.66 bits per heavy atom. The number of nitrogens with zero attached hydrogens (tertiary/aromatic N) is 1. The number of rotatable bonds is 7. The quantitative estimate of drug-likeness (QED) is 0.217. The minimum absolute atomic E-state index is 0.0320. The lowest BCUT2D eigenvalue weighted by molar-refractivity contribution is -0.143. The number of benzene rings is 2. The van der Waals surface area contributed by atoms with Crippen LogP contribution in [0.5, 0.6) is 0 Å². The molecule has 41 heavy (non-hydrogen) atoms. The molecule has 4 nitrogen and oxygen atoms in total. The van der Waals surface area contributed by atoms with Gasteiger partial charge in [-0.25, -0.2) is 4.39 Å². The zero-order valence-electron chi connectivity index (χ0n) is 22.0. The molecule has 5 atom stereocenters. The molecule has 2 aliphatic rings. The SMILES string of the molecule is C#CN(C[C@H]1CC[C@H](O[C@H](C)c2cc(C(F)(F)F)cc(C(F)(F)F)c2)[C@@H](c2ccc(F)cc2)C1)C1=CC(=O)C(O)C1. The number of hydrogen-bond acceptors (Lipinski definition) is 4. The van der Waals surface area contributed by atoms with Gasteiger partial charge in [0.15, 0.2) is 5.78 Å². The summed E-state index contributed by atoms with van der Waals surface area (Å²) in [6, 6.07) is 9.61. The van der Waals surface area contributed by atoms with Gasteiger partial charge in [-0.3, -0.25) is 4.79 Å². The lowest BCUT2D eigenvalue weighted by Gasteiger charge is -2.39. The van der Waals surface area contributed by atoms with Crippen molar-refractivity contribution in [3.05, 3.63) is 82.3 Å². The standard InChI is InChI=1S/C30H28F7NO3/c1-3-38(24-14-26(39)27(40)15-24)16-18-4-9-28(25(10-18)19-5-7-23(31)8-6-19)41-17(2)20-11-21(29(32,33)34)13-22(12-20)30(35,36)37/h1,5-8,11-14,17-18,25,27-28,40H,4,9-10,15-16H2,2H3/t17-,18+,25-,27?,28+/m1/s1. The third-order valence-corrected chi connectivity index (χ3v) is 7.64. The van der Waals surface area contributed by atoms with Gasteiger partial charge in [-0.2, -0.15) is 26.3 Å². The Kier molecular flexibility index (Phi) is 8.85. The van der Waals surface area contributed by atoms with Crippen LogP contribution in [0.1, 0.15) is 66.9 Å². The van der Waals surface area contributed by atoms with Gasteiger partial charge in [0.1, 0.15) is 11.9 Å². The molecule has 1 saturated carbocycles. The van der Waals surface area contributed by atoms with Crippen LogP contribution >= 0.6 is 0 Å². The van der Waals surface area contributed by atoms with Gasteiger partial charge in [-0.15, -0.1) is 0 Å². The van der Waals surface area contributed by atoms with E-state index in [0.717, 1.165) is 0 Å². The largest absolute Gasteiger partial charge is 0.416 e. The summed E-state index contributed by atoms with van der Waals surface area (Å²) in [6.07, 6.45) is -4.29. The Morgan fingerprint density at radius 3 is 2.17 bits per heavy atom. The Labute approximate surface area is 232 Å². The maximum absolute atomic E-state index is 13.7. The third kappa shape index (κ3) is 7.29. The number of alkyl halides is 6. The number of aliphatic hydroxyl groups is 1. The summed E-state index contributed by atoms with van der Waals surface area (Å²) in [5.41, 5.74) is -1.89. The highest BCUT2D eigenvalue weighted by molar-refractivity contribution is 5.96. The van der Waals surface area contributed by atoms with Crippen molar-refractivity contribution in [2.24, 2.45) is 5.92 Å². The van der Waals surface area contributed by atoms with Crippen molar-refractivity contribution in [1.29, 1.82) is 0 Å². The second-order valence-corrected chi connectivity index (χ2v) is 10.5. The van der Waals surface area contributed by atoms with Crippen LogP contribution in [0.15, 0.2) is 54.2 Å². The van der Waals surface area contributed by atoms with Gasteiger partial charge in [-0.05, 0) is 73.6 Å². The Morgan fingerprint density at radius 1 is 1.05 bits per heavy atom. The van der Waals surface area contributed by atoms with Crippen LogP contribution < -0.4 is 0 Å². The lowest BCUT2D eigenvalue weighted by Crippen LogP contribution is -2.35. The van der Waals surface area contributed by atoms with Crippen molar-refractivity contribution in [1.82, 2.24) is 4.90 Å². The van der Waals surface area contributed by atoms with Gasteiger partial charge in [0.2, 0.25) is 0 Å². The first kappa shape index (κ1) is 30.6. The zero-order chi connectivity index (χ0) is 30.1. The minimum Gasteiger partial charge on any atom is -0.385 e. The molecule has 4 rings (SSSR count). The zero-order valence-corrected chi connectivity index (χ0v) is 22.0. The molecule has 0 amide bonds. The molecule has 1 N–H and O–H groups in total. The van der Waals surface area contributed by atoms with Gasteiger partial charge in [0, 0.05) is 36.7 Å². The minimum atomic E-state index is -4.98. The fourth-order valence-corrected chi connectivity index (χ4v) is 5.49. The Hall–Kier alpha value is -3.36. The van der Waals surface area contributed by atoms with Crippen LogP contribution in [-0.4, -0.2) is 34.5 Å². The molecule has 2 aromatic rings. The van der Waals surface area contributed by atoms with E-state index in [1.165, 1.54) is 25.1 Å². The molecule has 0 radical (unpaired) electrons. The number of terminal acetylenes is 1. The molecular weight excluding hydrogens is 555 g/mol.